The summed E-state index contributed by atoms with van der Waals surface area (Å²) in [6, 6.07) is 0.300. The van der Waals surface area contributed by atoms with Crippen LogP contribution < -0.4 is 11.1 Å². The zero-order valence-electron chi connectivity index (χ0n) is 11.3. The molecule has 1 rings (SSSR count). The van der Waals surface area contributed by atoms with Crippen LogP contribution in [0.5, 0.6) is 0 Å². The van der Waals surface area contributed by atoms with Crippen molar-refractivity contribution in [2.75, 3.05) is 6.54 Å². The molecule has 1 atom stereocenters. The maximum atomic E-state index is 6.35. The van der Waals surface area contributed by atoms with E-state index in [0.717, 1.165) is 19.4 Å². The van der Waals surface area contributed by atoms with Gasteiger partial charge in [0.15, 0.2) is 0 Å². The van der Waals surface area contributed by atoms with Crippen molar-refractivity contribution in [3.8, 4) is 0 Å². The third-order valence-electron chi connectivity index (χ3n) is 3.72. The first kappa shape index (κ1) is 13.0. The second kappa shape index (κ2) is 3.74. The van der Waals surface area contributed by atoms with Crippen LogP contribution in [0.3, 0.4) is 0 Å². The molecule has 3 N–H and O–H groups in total. The highest BCUT2D eigenvalue weighted by Crippen LogP contribution is 2.38. The van der Waals surface area contributed by atoms with Crippen LogP contribution >= 0.6 is 0 Å². The third-order valence-corrected chi connectivity index (χ3v) is 3.72. The summed E-state index contributed by atoms with van der Waals surface area (Å²) >= 11 is 0. The van der Waals surface area contributed by atoms with Gasteiger partial charge in [-0.25, -0.2) is 0 Å². The van der Waals surface area contributed by atoms with Gasteiger partial charge >= 0.3 is 0 Å². The zero-order valence-corrected chi connectivity index (χ0v) is 11.3. The summed E-state index contributed by atoms with van der Waals surface area (Å²) in [6.07, 6.45) is 2.24. The second-order valence-electron chi connectivity index (χ2n) is 7.38. The quantitative estimate of drug-likeness (QED) is 0.647. The van der Waals surface area contributed by atoms with Crippen molar-refractivity contribution in [2.24, 2.45) is 16.6 Å². The zero-order chi connectivity index (χ0) is 11.9. The molecule has 0 amide bonds. The van der Waals surface area contributed by atoms with Crippen molar-refractivity contribution in [3.63, 3.8) is 0 Å². The van der Waals surface area contributed by atoms with Crippen LogP contribution in [-0.4, -0.2) is 18.1 Å². The molecule has 15 heavy (non-hydrogen) atoms. The second-order valence-corrected chi connectivity index (χ2v) is 7.38. The van der Waals surface area contributed by atoms with Crippen LogP contribution in [0.25, 0.3) is 0 Å². The Morgan fingerprint density at radius 3 is 2.13 bits per heavy atom. The van der Waals surface area contributed by atoms with Gasteiger partial charge in [0.05, 0.1) is 0 Å². The number of hydrogen-bond donors (Lipinski definition) is 2. The standard InChI is InChI=1S/C13H28N2/c1-11(2)7-10(14)12(3,4)8-13(5,6)15-9-11/h10,15H,7-9,14H2,1-6H3. The highest BCUT2D eigenvalue weighted by Gasteiger charge is 2.39. The SMILES string of the molecule is CC1(C)CNC(C)(C)CC(C)(C)C(N)C1. The summed E-state index contributed by atoms with van der Waals surface area (Å²) in [5, 5.41) is 3.67. The Balaban J connectivity index is 2.89. The molecular weight excluding hydrogens is 184 g/mol. The van der Waals surface area contributed by atoms with Crippen molar-refractivity contribution in [2.45, 2.75) is 66.0 Å². The maximum Gasteiger partial charge on any atom is 0.0131 e. The van der Waals surface area contributed by atoms with Crippen LogP contribution in [0, 0.1) is 10.8 Å². The van der Waals surface area contributed by atoms with E-state index < -0.39 is 0 Å². The molecule has 0 aromatic carbocycles. The molecule has 0 bridgehead atoms. The summed E-state index contributed by atoms with van der Waals surface area (Å²) in [5.74, 6) is 0. The van der Waals surface area contributed by atoms with Gasteiger partial charge in [-0.05, 0) is 37.5 Å². The molecule has 1 fully saturated rings. The van der Waals surface area contributed by atoms with E-state index in [1.54, 1.807) is 0 Å². The highest BCUT2D eigenvalue weighted by molar-refractivity contribution is 4.96. The molecule has 1 heterocycles. The Labute approximate surface area is 95.0 Å². The number of nitrogens with one attached hydrogen (secondary N) is 1. The predicted octanol–water partition coefficient (Wildman–Crippen LogP) is 2.53. The molecule has 0 aromatic rings. The molecule has 0 aromatic heterocycles. The molecular formula is C13H28N2. The normalized spacial score (nSPS) is 34.2. The first-order valence-corrected chi connectivity index (χ1v) is 6.05. The van der Waals surface area contributed by atoms with E-state index in [4.69, 9.17) is 5.73 Å². The van der Waals surface area contributed by atoms with Crippen molar-refractivity contribution in [1.82, 2.24) is 5.32 Å². The molecule has 90 valence electrons. The Morgan fingerprint density at radius 2 is 1.60 bits per heavy atom. The van der Waals surface area contributed by atoms with Crippen LogP contribution in [0.2, 0.25) is 0 Å². The van der Waals surface area contributed by atoms with E-state index in [2.05, 4.69) is 46.9 Å². The average molecular weight is 212 g/mol. The van der Waals surface area contributed by atoms with Gasteiger partial charge < -0.3 is 11.1 Å². The van der Waals surface area contributed by atoms with Crippen molar-refractivity contribution in [3.05, 3.63) is 0 Å². The van der Waals surface area contributed by atoms with Crippen molar-refractivity contribution < 1.29 is 0 Å². The van der Waals surface area contributed by atoms with Gasteiger partial charge in [-0.2, -0.15) is 0 Å². The minimum absolute atomic E-state index is 0.193. The van der Waals surface area contributed by atoms with E-state index in [1.165, 1.54) is 0 Å². The lowest BCUT2D eigenvalue weighted by Gasteiger charge is -2.46. The molecule has 1 saturated heterocycles. The molecule has 1 aliphatic heterocycles. The molecule has 1 aliphatic rings. The molecule has 2 nitrogen and oxygen atoms in total. The lowest BCUT2D eigenvalue weighted by molar-refractivity contribution is 0.106. The Morgan fingerprint density at radius 1 is 1.07 bits per heavy atom. The average Bonchev–Trinajstić information content (AvgIpc) is 1.97. The summed E-state index contributed by atoms with van der Waals surface area (Å²) in [5.41, 5.74) is 7.06. The third kappa shape index (κ3) is 3.46. The van der Waals surface area contributed by atoms with Gasteiger partial charge in [0.1, 0.15) is 0 Å². The maximum absolute atomic E-state index is 6.35. The lowest BCUT2D eigenvalue weighted by Crippen LogP contribution is -2.55. The van der Waals surface area contributed by atoms with E-state index in [1.807, 2.05) is 0 Å². The lowest BCUT2D eigenvalue weighted by atomic mass is 9.68. The number of nitrogens with two attached hydrogens (primary N) is 1. The highest BCUT2D eigenvalue weighted by atomic mass is 15.0. The van der Waals surface area contributed by atoms with E-state index in [0.29, 0.717) is 11.5 Å². The summed E-state index contributed by atoms with van der Waals surface area (Å²) < 4.78 is 0. The molecule has 0 spiro atoms. The van der Waals surface area contributed by atoms with E-state index in [-0.39, 0.29) is 11.0 Å². The summed E-state index contributed by atoms with van der Waals surface area (Å²) in [7, 11) is 0. The summed E-state index contributed by atoms with van der Waals surface area (Å²) in [4.78, 5) is 0. The van der Waals surface area contributed by atoms with Gasteiger partial charge in [0.2, 0.25) is 0 Å². The first-order valence-electron chi connectivity index (χ1n) is 6.05. The Hall–Kier alpha value is -0.0800. The summed E-state index contributed by atoms with van der Waals surface area (Å²) in [6.45, 7) is 14.8. The minimum atomic E-state index is 0.193. The Kier molecular flexibility index (Phi) is 3.24. The van der Waals surface area contributed by atoms with Crippen molar-refractivity contribution >= 4 is 0 Å². The predicted molar refractivity (Wildman–Crippen MR) is 66.9 cm³/mol. The van der Waals surface area contributed by atoms with Gasteiger partial charge in [-0.3, -0.25) is 0 Å². The van der Waals surface area contributed by atoms with Crippen molar-refractivity contribution in [1.29, 1.82) is 0 Å². The van der Waals surface area contributed by atoms with Crippen LogP contribution in [0.15, 0.2) is 0 Å². The fourth-order valence-corrected chi connectivity index (χ4v) is 2.75. The van der Waals surface area contributed by atoms with Gasteiger partial charge in [0, 0.05) is 18.1 Å². The largest absolute Gasteiger partial charge is 0.327 e. The first-order chi connectivity index (χ1) is 6.54. The van der Waals surface area contributed by atoms with Crippen LogP contribution in [0.4, 0.5) is 0 Å². The molecule has 1 unspecified atom stereocenters. The van der Waals surface area contributed by atoms with E-state index >= 15 is 0 Å². The van der Waals surface area contributed by atoms with E-state index in [9.17, 15) is 0 Å². The number of hydrogen-bond acceptors (Lipinski definition) is 2. The van der Waals surface area contributed by atoms with Crippen LogP contribution in [0.1, 0.15) is 54.4 Å². The number of rotatable bonds is 0. The van der Waals surface area contributed by atoms with Crippen LogP contribution in [-0.2, 0) is 0 Å². The fourth-order valence-electron chi connectivity index (χ4n) is 2.75. The molecule has 0 aliphatic carbocycles. The topological polar surface area (TPSA) is 38.0 Å². The monoisotopic (exact) mass is 212 g/mol. The molecule has 2 heteroatoms. The fraction of sp³-hybridized carbons (Fsp3) is 1.00. The van der Waals surface area contributed by atoms with Gasteiger partial charge in [-0.1, -0.05) is 27.7 Å². The molecule has 0 radical (unpaired) electrons. The van der Waals surface area contributed by atoms with Gasteiger partial charge in [-0.15, -0.1) is 0 Å². The molecule has 0 saturated carbocycles. The smallest absolute Gasteiger partial charge is 0.0131 e. The van der Waals surface area contributed by atoms with Gasteiger partial charge in [0.25, 0.3) is 0 Å². The minimum Gasteiger partial charge on any atom is -0.327 e. The Bertz CT molecular complexity index is 229.